The maximum absolute atomic E-state index is 10.5. The molecule has 0 spiro atoms. The third-order valence-corrected chi connectivity index (χ3v) is 2.32. The van der Waals surface area contributed by atoms with Gasteiger partial charge in [0.15, 0.2) is 0 Å². The van der Waals surface area contributed by atoms with E-state index < -0.39 is 23.1 Å². The van der Waals surface area contributed by atoms with Gasteiger partial charge >= 0.3 is 11.9 Å². The standard InChI is InChI=1S/C7H12O4S/c1-2-5(12)4(7(10)11)3-6(8)9/h4-5,12H,2-3H2,1H3,(H,8,9)(H,10,11). The second-order valence-electron chi connectivity index (χ2n) is 2.52. The van der Waals surface area contributed by atoms with E-state index in [1.165, 1.54) is 0 Å². The van der Waals surface area contributed by atoms with Crippen LogP contribution >= 0.6 is 12.6 Å². The van der Waals surface area contributed by atoms with Crippen LogP contribution in [0.1, 0.15) is 19.8 Å². The summed E-state index contributed by atoms with van der Waals surface area (Å²) in [5, 5.41) is 16.6. The van der Waals surface area contributed by atoms with E-state index in [9.17, 15) is 9.59 Å². The molecule has 0 aromatic heterocycles. The van der Waals surface area contributed by atoms with Crippen LogP contribution in [0.3, 0.4) is 0 Å². The Morgan fingerprint density at radius 3 is 2.17 bits per heavy atom. The first-order valence-electron chi connectivity index (χ1n) is 3.61. The fourth-order valence-corrected chi connectivity index (χ4v) is 1.09. The fraction of sp³-hybridized carbons (Fsp3) is 0.714. The van der Waals surface area contributed by atoms with E-state index in [1.54, 1.807) is 6.92 Å². The van der Waals surface area contributed by atoms with Crippen LogP contribution in [0.5, 0.6) is 0 Å². The summed E-state index contributed by atoms with van der Waals surface area (Å²) in [4.78, 5) is 20.8. The molecule has 5 heteroatoms. The Labute approximate surface area is 76.0 Å². The summed E-state index contributed by atoms with van der Waals surface area (Å²) < 4.78 is 0. The molecule has 0 bridgehead atoms. The van der Waals surface area contributed by atoms with Crippen LogP contribution in [0.25, 0.3) is 0 Å². The van der Waals surface area contributed by atoms with E-state index in [0.29, 0.717) is 6.42 Å². The molecule has 12 heavy (non-hydrogen) atoms. The maximum atomic E-state index is 10.5. The summed E-state index contributed by atoms with van der Waals surface area (Å²) in [5.41, 5.74) is 0. The number of carbonyl (C=O) groups is 2. The molecule has 2 atom stereocenters. The first-order valence-corrected chi connectivity index (χ1v) is 4.13. The first kappa shape index (κ1) is 11.3. The molecule has 2 N–H and O–H groups in total. The normalized spacial score (nSPS) is 15.2. The van der Waals surface area contributed by atoms with Crippen molar-refractivity contribution in [3.63, 3.8) is 0 Å². The van der Waals surface area contributed by atoms with E-state index >= 15 is 0 Å². The molecule has 0 aliphatic heterocycles. The lowest BCUT2D eigenvalue weighted by Gasteiger charge is -2.15. The summed E-state index contributed by atoms with van der Waals surface area (Å²) in [7, 11) is 0. The van der Waals surface area contributed by atoms with Crippen LogP contribution in [0, 0.1) is 5.92 Å². The minimum absolute atomic E-state index is 0.364. The largest absolute Gasteiger partial charge is 0.481 e. The lowest BCUT2D eigenvalue weighted by atomic mass is 10.00. The highest BCUT2D eigenvalue weighted by molar-refractivity contribution is 7.81. The van der Waals surface area contributed by atoms with Gasteiger partial charge in [-0.2, -0.15) is 12.6 Å². The zero-order chi connectivity index (χ0) is 9.72. The predicted molar refractivity (Wildman–Crippen MR) is 46.4 cm³/mol. The number of hydrogen-bond donors (Lipinski definition) is 3. The second kappa shape index (κ2) is 5.03. The third-order valence-electron chi connectivity index (χ3n) is 1.59. The molecular formula is C7H12O4S. The van der Waals surface area contributed by atoms with Gasteiger partial charge in [-0.15, -0.1) is 0 Å². The molecule has 0 amide bonds. The van der Waals surface area contributed by atoms with Crippen molar-refractivity contribution in [1.29, 1.82) is 0 Å². The van der Waals surface area contributed by atoms with Gasteiger partial charge in [-0.05, 0) is 6.42 Å². The van der Waals surface area contributed by atoms with E-state index in [0.717, 1.165) is 0 Å². The third kappa shape index (κ3) is 3.61. The summed E-state index contributed by atoms with van der Waals surface area (Å²) in [6.45, 7) is 1.77. The fourth-order valence-electron chi connectivity index (χ4n) is 0.861. The van der Waals surface area contributed by atoms with E-state index in [-0.39, 0.29) is 6.42 Å². The van der Waals surface area contributed by atoms with Crippen LogP contribution < -0.4 is 0 Å². The van der Waals surface area contributed by atoms with Crippen LogP contribution in [0.4, 0.5) is 0 Å². The Morgan fingerprint density at radius 1 is 1.42 bits per heavy atom. The van der Waals surface area contributed by atoms with Crippen LogP contribution in [-0.2, 0) is 9.59 Å². The van der Waals surface area contributed by atoms with Crippen LogP contribution in [0.2, 0.25) is 0 Å². The average Bonchev–Trinajstić information content (AvgIpc) is 1.98. The van der Waals surface area contributed by atoms with Crippen LogP contribution in [0.15, 0.2) is 0 Å². The Bertz CT molecular complexity index is 180. The molecule has 0 aromatic rings. The number of rotatable bonds is 5. The Morgan fingerprint density at radius 2 is 1.92 bits per heavy atom. The molecule has 4 nitrogen and oxygen atoms in total. The lowest BCUT2D eigenvalue weighted by molar-refractivity contribution is -0.148. The topological polar surface area (TPSA) is 74.6 Å². The Kier molecular flexibility index (Phi) is 4.73. The van der Waals surface area contributed by atoms with Gasteiger partial charge in [0.2, 0.25) is 0 Å². The van der Waals surface area contributed by atoms with Crippen molar-refractivity contribution in [3.05, 3.63) is 0 Å². The van der Waals surface area contributed by atoms with Crippen molar-refractivity contribution in [2.45, 2.75) is 25.0 Å². The quantitative estimate of drug-likeness (QED) is 0.565. The Hall–Kier alpha value is -0.710. The van der Waals surface area contributed by atoms with Gasteiger partial charge in [-0.25, -0.2) is 0 Å². The molecule has 0 rings (SSSR count). The highest BCUT2D eigenvalue weighted by Crippen LogP contribution is 2.17. The summed E-state index contributed by atoms with van der Waals surface area (Å²) in [6.07, 6.45) is 0.185. The zero-order valence-corrected chi connectivity index (χ0v) is 7.62. The smallest absolute Gasteiger partial charge is 0.308 e. The number of thiol groups is 1. The molecule has 0 fully saturated rings. The predicted octanol–water partition coefficient (Wildman–Crippen LogP) is 0.870. The number of hydrogen-bond acceptors (Lipinski definition) is 3. The molecule has 2 unspecified atom stereocenters. The molecule has 0 saturated heterocycles. The molecule has 0 heterocycles. The van der Waals surface area contributed by atoms with E-state index in [1.807, 2.05) is 0 Å². The minimum Gasteiger partial charge on any atom is -0.481 e. The van der Waals surface area contributed by atoms with Gasteiger partial charge in [-0.1, -0.05) is 6.92 Å². The summed E-state index contributed by atoms with van der Waals surface area (Å²) in [5.74, 6) is -3.09. The highest BCUT2D eigenvalue weighted by atomic mass is 32.1. The van der Waals surface area contributed by atoms with Gasteiger partial charge in [0.05, 0.1) is 12.3 Å². The van der Waals surface area contributed by atoms with Crippen molar-refractivity contribution in [2.24, 2.45) is 5.92 Å². The maximum Gasteiger partial charge on any atom is 0.308 e. The van der Waals surface area contributed by atoms with E-state index in [4.69, 9.17) is 10.2 Å². The van der Waals surface area contributed by atoms with Crippen molar-refractivity contribution in [3.8, 4) is 0 Å². The van der Waals surface area contributed by atoms with Gasteiger partial charge in [0, 0.05) is 5.25 Å². The van der Waals surface area contributed by atoms with Gasteiger partial charge in [0.25, 0.3) is 0 Å². The molecule has 0 aromatic carbocycles. The average molecular weight is 192 g/mol. The minimum atomic E-state index is -1.10. The molecule has 70 valence electrons. The monoisotopic (exact) mass is 192 g/mol. The summed E-state index contributed by atoms with van der Waals surface area (Å²) in [6, 6.07) is 0. The Balaban J connectivity index is 4.22. The van der Waals surface area contributed by atoms with Gasteiger partial charge in [0.1, 0.15) is 0 Å². The van der Waals surface area contributed by atoms with Crippen molar-refractivity contribution < 1.29 is 19.8 Å². The number of aliphatic carboxylic acids is 2. The van der Waals surface area contributed by atoms with Gasteiger partial charge in [-0.3, -0.25) is 9.59 Å². The summed E-state index contributed by atoms with van der Waals surface area (Å²) >= 11 is 3.99. The zero-order valence-electron chi connectivity index (χ0n) is 6.73. The molecule has 0 saturated carbocycles. The second-order valence-corrected chi connectivity index (χ2v) is 3.18. The van der Waals surface area contributed by atoms with Crippen molar-refractivity contribution in [1.82, 2.24) is 0 Å². The van der Waals surface area contributed by atoms with Crippen LogP contribution in [-0.4, -0.2) is 27.4 Å². The SMILES string of the molecule is CCC(S)C(CC(=O)O)C(=O)O. The number of carboxylic acid groups (broad SMARTS) is 2. The lowest BCUT2D eigenvalue weighted by Crippen LogP contribution is -2.26. The molecule has 0 radical (unpaired) electrons. The highest BCUT2D eigenvalue weighted by Gasteiger charge is 2.26. The number of carboxylic acids is 2. The van der Waals surface area contributed by atoms with Crippen molar-refractivity contribution >= 4 is 24.6 Å². The van der Waals surface area contributed by atoms with Crippen molar-refractivity contribution in [2.75, 3.05) is 0 Å². The van der Waals surface area contributed by atoms with Gasteiger partial charge < -0.3 is 10.2 Å². The first-order chi connectivity index (χ1) is 5.49. The molecule has 0 aliphatic carbocycles. The van der Waals surface area contributed by atoms with E-state index in [2.05, 4.69) is 12.6 Å². The molecular weight excluding hydrogens is 180 g/mol. The molecule has 0 aliphatic rings.